The van der Waals surface area contributed by atoms with Crippen molar-refractivity contribution in [3.63, 3.8) is 0 Å². The summed E-state index contributed by atoms with van der Waals surface area (Å²) in [4.78, 5) is 15.2. The quantitative estimate of drug-likeness (QED) is 0.309. The molecule has 0 aliphatic carbocycles. The number of nitrogens with two attached hydrogens (primary N) is 1. The fourth-order valence-corrected chi connectivity index (χ4v) is 3.39. The number of hydrogen-bond acceptors (Lipinski definition) is 5. The number of ether oxygens (including phenoxy) is 1. The Morgan fingerprint density at radius 3 is 2.41 bits per heavy atom. The molecule has 3 aromatic carbocycles. The summed E-state index contributed by atoms with van der Waals surface area (Å²) >= 11 is 0. The highest BCUT2D eigenvalue weighted by atomic mass is 16.5. The lowest BCUT2D eigenvalue weighted by Crippen LogP contribution is -2.05. The van der Waals surface area contributed by atoms with Crippen molar-refractivity contribution in [1.29, 1.82) is 5.26 Å². The van der Waals surface area contributed by atoms with Crippen molar-refractivity contribution in [3.05, 3.63) is 82.2 Å². The summed E-state index contributed by atoms with van der Waals surface area (Å²) in [6.45, 7) is 10.8. The molecule has 0 saturated carbocycles. The number of carboxylic acids is 1. The van der Waals surface area contributed by atoms with E-state index in [1.165, 1.54) is 6.07 Å². The van der Waals surface area contributed by atoms with Gasteiger partial charge in [-0.15, -0.1) is 0 Å². The minimum absolute atomic E-state index is 0.0521. The van der Waals surface area contributed by atoms with Crippen molar-refractivity contribution in [2.45, 2.75) is 26.7 Å². The van der Waals surface area contributed by atoms with Crippen LogP contribution in [0.2, 0.25) is 0 Å². The Balaban J connectivity index is 1.98. The first-order chi connectivity index (χ1) is 15.3. The third-order valence-electron chi connectivity index (χ3n) is 4.92. The van der Waals surface area contributed by atoms with Gasteiger partial charge in [0, 0.05) is 18.2 Å². The van der Waals surface area contributed by atoms with Crippen LogP contribution in [0.5, 0.6) is 11.5 Å². The number of hydrogen-bond donors (Lipinski definition) is 3. The zero-order valence-corrected chi connectivity index (χ0v) is 17.8. The zero-order chi connectivity index (χ0) is 23.3. The van der Waals surface area contributed by atoms with Crippen LogP contribution >= 0.6 is 0 Å². The number of aryl methyl sites for hydroxylation is 3. The van der Waals surface area contributed by atoms with Crippen molar-refractivity contribution in [2.24, 2.45) is 0 Å². The smallest absolute Gasteiger partial charge is 0.339 e. The van der Waals surface area contributed by atoms with Gasteiger partial charge in [0.15, 0.2) is 5.69 Å². The van der Waals surface area contributed by atoms with Crippen LogP contribution in [0, 0.1) is 31.8 Å². The number of carboxylic acid groups (broad SMARTS) is 1. The first kappa shape index (κ1) is 22.2. The van der Waals surface area contributed by atoms with Crippen molar-refractivity contribution >= 4 is 28.7 Å². The molecule has 0 saturated heterocycles. The van der Waals surface area contributed by atoms with Crippen molar-refractivity contribution in [2.75, 3.05) is 11.1 Å². The number of aromatic carboxylic acids is 1. The van der Waals surface area contributed by atoms with Crippen LogP contribution in [-0.4, -0.2) is 11.1 Å². The van der Waals surface area contributed by atoms with E-state index in [1.807, 2.05) is 26.0 Å². The van der Waals surface area contributed by atoms with Crippen LogP contribution in [-0.2, 0) is 6.42 Å². The van der Waals surface area contributed by atoms with E-state index in [-0.39, 0.29) is 17.0 Å². The second-order valence-corrected chi connectivity index (χ2v) is 7.34. The van der Waals surface area contributed by atoms with Crippen LogP contribution < -0.4 is 15.8 Å². The molecule has 0 radical (unpaired) electrons. The van der Waals surface area contributed by atoms with Crippen molar-refractivity contribution in [3.8, 4) is 17.6 Å². The Morgan fingerprint density at radius 1 is 1.19 bits per heavy atom. The van der Waals surface area contributed by atoms with Crippen LogP contribution in [0.15, 0.2) is 48.5 Å². The molecule has 0 unspecified atom stereocenters. The number of nitrogen functional groups attached to an aromatic ring is 1. The highest BCUT2D eigenvalue weighted by Gasteiger charge is 2.18. The SMILES string of the molecule is [C-]#[N+]c1ccc(Nc2cc(Oc3c(C)cc(CCC#N)cc3C)c(C(=O)O)cc2N)cc1. The lowest BCUT2D eigenvalue weighted by molar-refractivity contribution is 0.0694. The molecule has 3 aromatic rings. The van der Waals surface area contributed by atoms with E-state index in [1.54, 1.807) is 30.3 Å². The fraction of sp³-hybridized carbons (Fsp3) is 0.160. The lowest BCUT2D eigenvalue weighted by Gasteiger charge is -2.18. The summed E-state index contributed by atoms with van der Waals surface area (Å²) < 4.78 is 6.08. The monoisotopic (exact) mass is 426 g/mol. The lowest BCUT2D eigenvalue weighted by atomic mass is 10.0. The van der Waals surface area contributed by atoms with Crippen LogP contribution in [0.25, 0.3) is 4.85 Å². The van der Waals surface area contributed by atoms with Gasteiger partial charge in [-0.3, -0.25) is 0 Å². The van der Waals surface area contributed by atoms with Gasteiger partial charge in [0.25, 0.3) is 0 Å². The van der Waals surface area contributed by atoms with Gasteiger partial charge in [0.2, 0.25) is 0 Å². The standard InChI is InChI=1S/C25H22N4O3/c1-15-11-17(5-4-10-26)12-16(2)24(15)32-23-14-22(21(27)13-20(23)25(30)31)29-19-8-6-18(28-3)7-9-19/h6-9,11-14,29H,4-5,27H2,1-2H3,(H,30,31). The van der Waals surface area contributed by atoms with Gasteiger partial charge in [-0.25, -0.2) is 9.64 Å². The van der Waals surface area contributed by atoms with Gasteiger partial charge >= 0.3 is 5.97 Å². The minimum Gasteiger partial charge on any atom is -0.478 e. The third kappa shape index (κ3) is 4.97. The Morgan fingerprint density at radius 2 is 1.84 bits per heavy atom. The Labute approximate surface area is 186 Å². The summed E-state index contributed by atoms with van der Waals surface area (Å²) in [6, 6.07) is 15.8. The Kier molecular flexibility index (Phi) is 6.62. The molecule has 7 nitrogen and oxygen atoms in total. The maximum atomic E-state index is 11.8. The molecule has 0 fully saturated rings. The highest BCUT2D eigenvalue weighted by Crippen LogP contribution is 2.37. The molecular formula is C25H22N4O3. The molecule has 0 bridgehead atoms. The van der Waals surface area contributed by atoms with Crippen molar-refractivity contribution < 1.29 is 14.6 Å². The fourth-order valence-electron chi connectivity index (χ4n) is 3.39. The molecule has 0 aliphatic heterocycles. The predicted molar refractivity (Wildman–Crippen MR) is 124 cm³/mol. The molecule has 0 atom stereocenters. The van der Waals surface area contributed by atoms with E-state index in [2.05, 4.69) is 16.2 Å². The number of nitriles is 1. The van der Waals surface area contributed by atoms with Gasteiger partial charge in [-0.1, -0.05) is 24.3 Å². The predicted octanol–water partition coefficient (Wildman–Crippen LogP) is 6.13. The number of anilines is 3. The minimum atomic E-state index is -1.15. The van der Waals surface area contributed by atoms with Gasteiger partial charge in [0.1, 0.15) is 17.1 Å². The summed E-state index contributed by atoms with van der Waals surface area (Å²) in [6.07, 6.45) is 1.06. The molecular weight excluding hydrogens is 404 g/mol. The van der Waals surface area contributed by atoms with E-state index < -0.39 is 5.97 Å². The second-order valence-electron chi connectivity index (χ2n) is 7.34. The molecule has 7 heteroatoms. The summed E-state index contributed by atoms with van der Waals surface area (Å²) in [5, 5.41) is 21.6. The first-order valence-electron chi connectivity index (χ1n) is 9.88. The normalized spacial score (nSPS) is 10.1. The average Bonchev–Trinajstić information content (AvgIpc) is 2.77. The Bertz CT molecular complexity index is 1230. The van der Waals surface area contributed by atoms with E-state index in [0.29, 0.717) is 35.7 Å². The van der Waals surface area contributed by atoms with Gasteiger partial charge < -0.3 is 20.9 Å². The van der Waals surface area contributed by atoms with Gasteiger partial charge in [-0.05, 0) is 55.2 Å². The van der Waals surface area contributed by atoms with Crippen LogP contribution in [0.3, 0.4) is 0 Å². The Hall–Kier alpha value is -4.49. The first-order valence-corrected chi connectivity index (χ1v) is 9.88. The largest absolute Gasteiger partial charge is 0.478 e. The number of rotatable bonds is 7. The van der Waals surface area contributed by atoms with Gasteiger partial charge in [-0.2, -0.15) is 5.26 Å². The molecule has 32 heavy (non-hydrogen) atoms. The zero-order valence-electron chi connectivity index (χ0n) is 17.8. The maximum absolute atomic E-state index is 11.8. The van der Waals surface area contributed by atoms with E-state index in [4.69, 9.17) is 22.3 Å². The number of nitrogens with one attached hydrogen (secondary N) is 1. The maximum Gasteiger partial charge on any atom is 0.339 e. The van der Waals surface area contributed by atoms with Gasteiger partial charge in [0.05, 0.1) is 24.0 Å². The summed E-state index contributed by atoms with van der Waals surface area (Å²) in [5.41, 5.74) is 10.7. The summed E-state index contributed by atoms with van der Waals surface area (Å²) in [7, 11) is 0. The van der Waals surface area contributed by atoms with E-state index in [0.717, 1.165) is 16.7 Å². The average molecular weight is 426 g/mol. The van der Waals surface area contributed by atoms with E-state index >= 15 is 0 Å². The molecule has 0 amide bonds. The van der Waals surface area contributed by atoms with Crippen LogP contribution in [0.1, 0.15) is 33.5 Å². The number of nitrogens with zero attached hydrogens (tertiary/aromatic N) is 2. The third-order valence-corrected chi connectivity index (χ3v) is 4.92. The number of carbonyl (C=O) groups is 1. The van der Waals surface area contributed by atoms with Crippen molar-refractivity contribution in [1.82, 2.24) is 0 Å². The second kappa shape index (κ2) is 9.55. The molecule has 0 heterocycles. The molecule has 160 valence electrons. The molecule has 0 aromatic heterocycles. The summed E-state index contributed by atoms with van der Waals surface area (Å²) in [5.74, 6) is -0.436. The molecule has 3 rings (SSSR count). The van der Waals surface area contributed by atoms with Crippen LogP contribution in [0.4, 0.5) is 22.7 Å². The molecule has 0 aliphatic rings. The molecule has 0 spiro atoms. The molecule has 4 N–H and O–H groups in total. The number of benzene rings is 3. The van der Waals surface area contributed by atoms with E-state index in [9.17, 15) is 9.90 Å². The highest BCUT2D eigenvalue weighted by molar-refractivity contribution is 5.94. The topological polar surface area (TPSA) is 113 Å².